The van der Waals surface area contributed by atoms with E-state index >= 15 is 0 Å². The van der Waals surface area contributed by atoms with Crippen LogP contribution >= 0.6 is 0 Å². The van der Waals surface area contributed by atoms with Gasteiger partial charge in [0.2, 0.25) is 0 Å². The van der Waals surface area contributed by atoms with Crippen molar-refractivity contribution >= 4 is 0 Å². The third kappa shape index (κ3) is 6.24. The molecule has 0 aromatic heterocycles. The van der Waals surface area contributed by atoms with Crippen LogP contribution in [-0.2, 0) is 0 Å². The van der Waals surface area contributed by atoms with Crippen LogP contribution in [0.2, 0.25) is 0 Å². The van der Waals surface area contributed by atoms with Crippen molar-refractivity contribution in [2.45, 2.75) is 71.5 Å². The first-order valence-corrected chi connectivity index (χ1v) is 8.03. The van der Waals surface area contributed by atoms with Gasteiger partial charge in [-0.1, -0.05) is 6.92 Å². The van der Waals surface area contributed by atoms with E-state index in [1.807, 2.05) is 0 Å². The lowest BCUT2D eigenvalue weighted by atomic mass is 10.1. The number of likely N-dealkylation sites (tertiary alicyclic amines) is 1. The lowest BCUT2D eigenvalue weighted by Crippen LogP contribution is -2.44. The molecule has 1 aliphatic heterocycles. The molecule has 0 amide bonds. The van der Waals surface area contributed by atoms with Gasteiger partial charge >= 0.3 is 0 Å². The van der Waals surface area contributed by atoms with Gasteiger partial charge in [0, 0.05) is 24.2 Å². The molecule has 0 saturated carbocycles. The Morgan fingerprint density at radius 1 is 1.37 bits per heavy atom. The van der Waals surface area contributed by atoms with E-state index in [4.69, 9.17) is 0 Å². The van der Waals surface area contributed by atoms with Gasteiger partial charge in [0.25, 0.3) is 0 Å². The molecule has 3 nitrogen and oxygen atoms in total. The van der Waals surface area contributed by atoms with Crippen LogP contribution in [0.1, 0.15) is 53.9 Å². The first-order chi connectivity index (χ1) is 8.83. The minimum atomic E-state index is 0.239. The van der Waals surface area contributed by atoms with Crippen LogP contribution in [0.4, 0.5) is 0 Å². The Kier molecular flexibility index (Phi) is 6.78. The van der Waals surface area contributed by atoms with Gasteiger partial charge in [-0.15, -0.1) is 0 Å². The summed E-state index contributed by atoms with van der Waals surface area (Å²) in [5.74, 6) is 0. The van der Waals surface area contributed by atoms with Crippen LogP contribution in [0, 0.1) is 0 Å². The molecular formula is C16H35N3. The van der Waals surface area contributed by atoms with Crippen molar-refractivity contribution in [2.75, 3.05) is 33.2 Å². The van der Waals surface area contributed by atoms with Gasteiger partial charge in [0.15, 0.2) is 0 Å². The third-order valence-corrected chi connectivity index (χ3v) is 4.37. The molecule has 0 spiro atoms. The normalized spacial score (nSPS) is 23.2. The van der Waals surface area contributed by atoms with Crippen molar-refractivity contribution in [3.05, 3.63) is 0 Å². The number of nitrogens with one attached hydrogen (secondary N) is 1. The van der Waals surface area contributed by atoms with Crippen LogP contribution in [0.15, 0.2) is 0 Å². The molecule has 0 bridgehead atoms. The monoisotopic (exact) mass is 269 g/mol. The Morgan fingerprint density at radius 3 is 2.63 bits per heavy atom. The second kappa shape index (κ2) is 7.61. The smallest absolute Gasteiger partial charge is 0.0223 e. The maximum Gasteiger partial charge on any atom is 0.0223 e. The summed E-state index contributed by atoms with van der Waals surface area (Å²) in [6.07, 6.45) is 3.99. The highest BCUT2D eigenvalue weighted by atomic mass is 15.2. The van der Waals surface area contributed by atoms with Crippen LogP contribution in [0.25, 0.3) is 0 Å². The van der Waals surface area contributed by atoms with E-state index in [0.717, 1.165) is 12.6 Å². The Balaban J connectivity index is 2.26. The van der Waals surface area contributed by atoms with Crippen LogP contribution in [-0.4, -0.2) is 60.6 Å². The van der Waals surface area contributed by atoms with Crippen molar-refractivity contribution in [3.8, 4) is 0 Å². The maximum atomic E-state index is 3.58. The molecule has 0 aromatic carbocycles. The van der Waals surface area contributed by atoms with Gasteiger partial charge in [-0.05, 0) is 73.6 Å². The molecule has 1 aliphatic rings. The predicted molar refractivity (Wildman–Crippen MR) is 84.7 cm³/mol. The fraction of sp³-hybridized carbons (Fsp3) is 1.00. The highest BCUT2D eigenvalue weighted by Crippen LogP contribution is 2.18. The summed E-state index contributed by atoms with van der Waals surface area (Å²) in [6, 6.07) is 1.45. The number of nitrogens with zero attached hydrogens (tertiary/aromatic N) is 2. The first kappa shape index (κ1) is 16.9. The maximum absolute atomic E-state index is 3.58. The highest BCUT2D eigenvalue weighted by Gasteiger charge is 2.25. The molecule has 0 aromatic rings. The SMILES string of the molecule is CCN1CCCC1CN(C)C(C)CCNC(C)(C)C. The molecule has 0 radical (unpaired) electrons. The van der Waals surface area contributed by atoms with Crippen molar-refractivity contribution in [2.24, 2.45) is 0 Å². The molecule has 114 valence electrons. The Morgan fingerprint density at radius 2 is 2.05 bits per heavy atom. The molecule has 19 heavy (non-hydrogen) atoms. The molecule has 1 rings (SSSR count). The highest BCUT2D eigenvalue weighted by molar-refractivity contribution is 4.82. The standard InChI is InChI=1S/C16H35N3/c1-7-19-12-8-9-15(19)13-18(6)14(2)10-11-17-16(3,4)5/h14-15,17H,7-13H2,1-6H3. The Labute approximate surface area is 120 Å². The predicted octanol–water partition coefficient (Wildman–Crippen LogP) is 2.57. The summed E-state index contributed by atoms with van der Waals surface area (Å²) < 4.78 is 0. The summed E-state index contributed by atoms with van der Waals surface area (Å²) in [4.78, 5) is 5.18. The largest absolute Gasteiger partial charge is 0.312 e. The van der Waals surface area contributed by atoms with E-state index in [1.165, 1.54) is 38.9 Å². The quantitative estimate of drug-likeness (QED) is 0.766. The van der Waals surface area contributed by atoms with Gasteiger partial charge in [0.05, 0.1) is 0 Å². The second-order valence-corrected chi connectivity index (χ2v) is 7.18. The van der Waals surface area contributed by atoms with E-state index in [9.17, 15) is 0 Å². The summed E-state index contributed by atoms with van der Waals surface area (Å²) in [5, 5.41) is 3.58. The van der Waals surface area contributed by atoms with Crippen LogP contribution in [0.3, 0.4) is 0 Å². The van der Waals surface area contributed by atoms with Gasteiger partial charge in [-0.3, -0.25) is 4.90 Å². The summed E-state index contributed by atoms with van der Waals surface area (Å²) >= 11 is 0. The van der Waals surface area contributed by atoms with Gasteiger partial charge in [-0.25, -0.2) is 0 Å². The molecule has 3 heteroatoms. The average Bonchev–Trinajstić information content (AvgIpc) is 2.74. The Hall–Kier alpha value is -0.120. The lowest BCUT2D eigenvalue weighted by Gasteiger charge is -2.32. The van der Waals surface area contributed by atoms with Gasteiger partial charge in [-0.2, -0.15) is 0 Å². The zero-order valence-electron chi connectivity index (χ0n) is 14.0. The van der Waals surface area contributed by atoms with Crippen molar-refractivity contribution in [3.63, 3.8) is 0 Å². The summed E-state index contributed by atoms with van der Waals surface area (Å²) in [6.45, 7) is 16.2. The van der Waals surface area contributed by atoms with Crippen LogP contribution < -0.4 is 5.32 Å². The van der Waals surface area contributed by atoms with Crippen molar-refractivity contribution in [1.29, 1.82) is 0 Å². The number of likely N-dealkylation sites (N-methyl/N-ethyl adjacent to an activating group) is 2. The minimum Gasteiger partial charge on any atom is -0.312 e. The summed E-state index contributed by atoms with van der Waals surface area (Å²) in [5.41, 5.74) is 0.239. The van der Waals surface area contributed by atoms with E-state index in [1.54, 1.807) is 0 Å². The Bertz CT molecular complexity index is 247. The number of hydrogen-bond donors (Lipinski definition) is 1. The molecule has 1 saturated heterocycles. The molecule has 2 unspecified atom stereocenters. The first-order valence-electron chi connectivity index (χ1n) is 8.03. The fourth-order valence-electron chi connectivity index (χ4n) is 2.91. The van der Waals surface area contributed by atoms with E-state index in [0.29, 0.717) is 6.04 Å². The molecule has 1 N–H and O–H groups in total. The average molecular weight is 269 g/mol. The molecule has 2 atom stereocenters. The molecule has 0 aliphatic carbocycles. The lowest BCUT2D eigenvalue weighted by molar-refractivity contribution is 0.163. The number of hydrogen-bond acceptors (Lipinski definition) is 3. The molecule has 1 fully saturated rings. The van der Waals surface area contributed by atoms with E-state index < -0.39 is 0 Å². The van der Waals surface area contributed by atoms with Crippen molar-refractivity contribution in [1.82, 2.24) is 15.1 Å². The molecular weight excluding hydrogens is 234 g/mol. The van der Waals surface area contributed by atoms with Crippen molar-refractivity contribution < 1.29 is 0 Å². The van der Waals surface area contributed by atoms with Gasteiger partial charge in [0.1, 0.15) is 0 Å². The van der Waals surface area contributed by atoms with E-state index in [-0.39, 0.29) is 5.54 Å². The molecule has 1 heterocycles. The summed E-state index contributed by atoms with van der Waals surface area (Å²) in [7, 11) is 2.29. The van der Waals surface area contributed by atoms with Gasteiger partial charge < -0.3 is 10.2 Å². The fourth-order valence-corrected chi connectivity index (χ4v) is 2.91. The topological polar surface area (TPSA) is 18.5 Å². The second-order valence-electron chi connectivity index (χ2n) is 7.18. The zero-order chi connectivity index (χ0) is 14.5. The van der Waals surface area contributed by atoms with Crippen LogP contribution in [0.5, 0.6) is 0 Å². The third-order valence-electron chi connectivity index (χ3n) is 4.37. The minimum absolute atomic E-state index is 0.239. The zero-order valence-corrected chi connectivity index (χ0v) is 14.0. The number of rotatable bonds is 7. The van der Waals surface area contributed by atoms with E-state index in [2.05, 4.69) is 56.8 Å².